The Bertz CT molecular complexity index is 1450. The molecule has 0 bridgehead atoms. The van der Waals surface area contributed by atoms with E-state index in [1.165, 1.54) is 18.9 Å². The molecule has 9 nitrogen and oxygen atoms in total. The van der Waals surface area contributed by atoms with Gasteiger partial charge in [0.15, 0.2) is 9.84 Å². The molecule has 5 fully saturated rings. The molecular formula is C27H32F3N5O4S. The maximum atomic E-state index is 13.5. The fraction of sp³-hybridized carbons (Fsp3) is 0.667. The first kappa shape index (κ1) is 26.1. The number of hydrogen-bond acceptors (Lipinski definition) is 6. The van der Waals surface area contributed by atoms with E-state index in [1.807, 2.05) is 9.80 Å². The lowest BCUT2D eigenvalue weighted by molar-refractivity contribution is -0.140. The number of aromatic amines is 1. The van der Waals surface area contributed by atoms with Crippen LogP contribution in [-0.4, -0.2) is 78.0 Å². The van der Waals surface area contributed by atoms with Crippen molar-refractivity contribution in [1.82, 2.24) is 25.0 Å². The van der Waals surface area contributed by atoms with Crippen molar-refractivity contribution in [2.24, 2.45) is 10.8 Å². The summed E-state index contributed by atoms with van der Waals surface area (Å²) in [6.45, 7) is 2.79. The van der Waals surface area contributed by atoms with E-state index < -0.39 is 26.5 Å². The summed E-state index contributed by atoms with van der Waals surface area (Å²) in [4.78, 5) is 19.5. The normalized spacial score (nSPS) is 25.6. The van der Waals surface area contributed by atoms with Crippen LogP contribution in [0.1, 0.15) is 74.0 Å². The number of H-pyrrole nitrogens is 1. The fourth-order valence-electron chi connectivity index (χ4n) is 7.31. The first-order chi connectivity index (χ1) is 18.8. The number of alkyl halides is 3. The molecule has 2 aromatic rings. The highest BCUT2D eigenvalue weighted by atomic mass is 32.2. The van der Waals surface area contributed by atoms with Crippen LogP contribution >= 0.6 is 0 Å². The Hall–Kier alpha value is -2.83. The van der Waals surface area contributed by atoms with Crippen molar-refractivity contribution in [2.75, 3.05) is 32.4 Å². The van der Waals surface area contributed by atoms with E-state index in [9.17, 15) is 26.4 Å². The second-order valence-electron chi connectivity index (χ2n) is 12.9. The van der Waals surface area contributed by atoms with Crippen LogP contribution in [0.25, 0.3) is 0 Å². The number of likely N-dealkylation sites (tertiary alicyclic amines) is 2. The van der Waals surface area contributed by atoms with E-state index in [0.29, 0.717) is 37.8 Å². The predicted molar refractivity (Wildman–Crippen MR) is 137 cm³/mol. The molecule has 2 aliphatic heterocycles. The average molecular weight is 580 g/mol. The predicted octanol–water partition coefficient (Wildman–Crippen LogP) is 4.34. The first-order valence-electron chi connectivity index (χ1n) is 13.9. The maximum Gasteiger partial charge on any atom is 0.417 e. The molecule has 7 rings (SSSR count). The number of benzene rings is 1. The summed E-state index contributed by atoms with van der Waals surface area (Å²) in [6.07, 6.45) is 2.26. The van der Waals surface area contributed by atoms with Gasteiger partial charge >= 0.3 is 12.2 Å². The minimum atomic E-state index is -4.81. The number of halogens is 3. The van der Waals surface area contributed by atoms with Crippen molar-refractivity contribution in [3.05, 3.63) is 35.4 Å². The van der Waals surface area contributed by atoms with Gasteiger partial charge in [-0.3, -0.25) is 0 Å². The summed E-state index contributed by atoms with van der Waals surface area (Å²) in [5.41, 5.74) is -1.09. The van der Waals surface area contributed by atoms with Crippen LogP contribution in [-0.2, 0) is 16.0 Å². The smallest absolute Gasteiger partial charge is 0.417 e. The largest absolute Gasteiger partial charge is 0.490 e. The molecule has 5 aliphatic rings. The third kappa shape index (κ3) is 4.53. The Morgan fingerprint density at radius 3 is 2.20 bits per heavy atom. The van der Waals surface area contributed by atoms with Gasteiger partial charge < -0.3 is 19.5 Å². The third-order valence-corrected chi connectivity index (χ3v) is 10.6. The number of rotatable bonds is 5. The molecule has 1 aromatic carbocycles. The topological polar surface area (TPSA) is 108 Å². The van der Waals surface area contributed by atoms with Gasteiger partial charge in [-0.05, 0) is 63.1 Å². The number of nitrogens with zero attached hydrogens (tertiary/aromatic N) is 4. The zero-order valence-corrected chi connectivity index (χ0v) is 23.0. The molecule has 0 radical (unpaired) electrons. The van der Waals surface area contributed by atoms with Crippen LogP contribution in [0.2, 0.25) is 0 Å². The van der Waals surface area contributed by atoms with E-state index in [1.54, 1.807) is 0 Å². The molecule has 0 unspecified atom stereocenters. The second-order valence-corrected chi connectivity index (χ2v) is 14.9. The molecular weight excluding hydrogens is 547 g/mol. The zero-order valence-electron chi connectivity index (χ0n) is 22.2. The monoisotopic (exact) mass is 579 g/mol. The average Bonchev–Trinajstić information content (AvgIpc) is 3.38. The lowest BCUT2D eigenvalue weighted by Gasteiger charge is -2.60. The van der Waals surface area contributed by atoms with Crippen molar-refractivity contribution in [3.8, 4) is 5.75 Å². The summed E-state index contributed by atoms with van der Waals surface area (Å²) in [5.74, 6) is 2.97. The van der Waals surface area contributed by atoms with Gasteiger partial charge in [0.25, 0.3) is 0 Å². The highest BCUT2D eigenvalue weighted by molar-refractivity contribution is 7.90. The number of carbonyl (C=O) groups excluding carboxylic acids is 1. The molecule has 3 aliphatic carbocycles. The van der Waals surface area contributed by atoms with E-state index in [2.05, 4.69) is 15.2 Å². The summed E-state index contributed by atoms with van der Waals surface area (Å²) in [5, 5.41) is 8.65. The van der Waals surface area contributed by atoms with E-state index in [-0.39, 0.29) is 28.7 Å². The van der Waals surface area contributed by atoms with Gasteiger partial charge in [0, 0.05) is 55.1 Å². The van der Waals surface area contributed by atoms with Crippen LogP contribution < -0.4 is 4.74 Å². The summed E-state index contributed by atoms with van der Waals surface area (Å²) in [6, 6.07) is 3.08. The molecule has 2 amide bonds. The van der Waals surface area contributed by atoms with Gasteiger partial charge in [-0.15, -0.1) is 10.2 Å². The Morgan fingerprint density at radius 2 is 1.60 bits per heavy atom. The lowest BCUT2D eigenvalue weighted by Crippen LogP contribution is -2.69. The quantitative estimate of drug-likeness (QED) is 0.565. The van der Waals surface area contributed by atoms with Gasteiger partial charge in [-0.2, -0.15) is 13.2 Å². The number of amides is 2. The minimum Gasteiger partial charge on any atom is -0.490 e. The number of ether oxygens (including phenoxy) is 1. The fourth-order valence-corrected chi connectivity index (χ4v) is 8.20. The van der Waals surface area contributed by atoms with Crippen molar-refractivity contribution in [3.63, 3.8) is 0 Å². The maximum absolute atomic E-state index is 13.5. The number of aromatic nitrogens is 3. The van der Waals surface area contributed by atoms with E-state index >= 15 is 0 Å². The molecule has 2 spiro atoms. The highest BCUT2D eigenvalue weighted by Crippen LogP contribution is 2.56. The number of sulfone groups is 1. The number of urea groups is 1. The Morgan fingerprint density at radius 1 is 0.975 bits per heavy atom. The number of carbonyl (C=O) groups is 1. The molecule has 3 heterocycles. The summed E-state index contributed by atoms with van der Waals surface area (Å²) < 4.78 is 70.0. The van der Waals surface area contributed by atoms with Crippen LogP contribution in [0.5, 0.6) is 5.75 Å². The van der Waals surface area contributed by atoms with E-state index in [4.69, 9.17) is 4.74 Å². The molecule has 13 heteroatoms. The van der Waals surface area contributed by atoms with E-state index in [0.717, 1.165) is 62.4 Å². The molecule has 3 saturated carbocycles. The van der Waals surface area contributed by atoms with Gasteiger partial charge in [0.2, 0.25) is 0 Å². The summed E-state index contributed by atoms with van der Waals surface area (Å²) in [7, 11) is -4.04. The van der Waals surface area contributed by atoms with Gasteiger partial charge in [0.1, 0.15) is 17.4 Å². The standard InChI is InChI=1S/C27H32F3N5O4S/c1-40(37,38)21-5-4-18(8-20(21)27(28,29)30)39-19-6-7-25(11-19)12-34(13-25)24(36)35-14-26(15-35)9-17(10-26)23-31-22(32-33-23)16-2-3-16/h4-5,8,16-17,19H,2-3,6-7,9-15H2,1H3,(H,31,32,33)/t19-/m0/s1. The Kier molecular flexibility index (Phi) is 5.60. The van der Waals surface area contributed by atoms with Crippen molar-refractivity contribution >= 4 is 15.9 Å². The molecule has 1 aromatic heterocycles. The molecule has 40 heavy (non-hydrogen) atoms. The molecule has 1 N–H and O–H groups in total. The second kappa shape index (κ2) is 8.59. The van der Waals surface area contributed by atoms with Crippen LogP contribution in [0.3, 0.4) is 0 Å². The van der Waals surface area contributed by atoms with Crippen molar-refractivity contribution < 1.29 is 31.1 Å². The van der Waals surface area contributed by atoms with Gasteiger partial charge in [0.05, 0.1) is 16.6 Å². The van der Waals surface area contributed by atoms with Crippen LogP contribution in [0.4, 0.5) is 18.0 Å². The highest BCUT2D eigenvalue weighted by Gasteiger charge is 2.58. The van der Waals surface area contributed by atoms with Crippen LogP contribution in [0, 0.1) is 10.8 Å². The first-order valence-corrected chi connectivity index (χ1v) is 15.8. The lowest BCUT2D eigenvalue weighted by atomic mass is 9.57. The Balaban J connectivity index is 0.894. The number of nitrogens with one attached hydrogen (secondary N) is 1. The summed E-state index contributed by atoms with van der Waals surface area (Å²) >= 11 is 0. The van der Waals surface area contributed by atoms with Gasteiger partial charge in [-0.1, -0.05) is 0 Å². The zero-order chi connectivity index (χ0) is 28.1. The van der Waals surface area contributed by atoms with Crippen LogP contribution in [0.15, 0.2) is 23.1 Å². The molecule has 1 atom stereocenters. The van der Waals surface area contributed by atoms with Crippen molar-refractivity contribution in [2.45, 2.75) is 74.0 Å². The minimum absolute atomic E-state index is 0.00723. The van der Waals surface area contributed by atoms with Gasteiger partial charge in [-0.25, -0.2) is 13.2 Å². The molecule has 216 valence electrons. The third-order valence-electron chi connectivity index (χ3n) is 9.49. The SMILES string of the molecule is CS(=O)(=O)c1ccc(O[C@H]2CCC3(C2)CN(C(=O)N2CC4(CC(c5nnc(C6CC6)[nH]5)C4)C2)C3)cc1C(F)(F)F. The van der Waals surface area contributed by atoms with Crippen molar-refractivity contribution in [1.29, 1.82) is 0 Å². The molecule has 2 saturated heterocycles. The Labute approximate surface area is 230 Å². The number of hydrogen-bond donors (Lipinski definition) is 1.